The Morgan fingerprint density at radius 3 is 2.76 bits per heavy atom. The Hall–Kier alpha value is -0.130. The van der Waals surface area contributed by atoms with Gasteiger partial charge in [0, 0.05) is 18.7 Å². The number of rotatable bonds is 1. The molecule has 1 aromatic carbocycles. The molecule has 1 fully saturated rings. The Labute approximate surface area is 143 Å². The Balaban J connectivity index is 2.04. The Bertz CT molecular complexity index is 596. The number of aliphatic hydroxyl groups is 1. The highest BCUT2D eigenvalue weighted by atomic mass is 35.5. The molecule has 1 N–H and O–H groups in total. The van der Waals surface area contributed by atoms with Crippen molar-refractivity contribution in [3.63, 3.8) is 0 Å². The molecule has 0 radical (unpaired) electrons. The predicted molar refractivity (Wildman–Crippen MR) is 90.7 cm³/mol. The van der Waals surface area contributed by atoms with Crippen molar-refractivity contribution in [2.75, 3.05) is 18.8 Å². The normalized spacial score (nSPS) is 28.6. The van der Waals surface area contributed by atoms with Gasteiger partial charge in [0.2, 0.25) is 0 Å². The molecule has 1 saturated heterocycles. The second-order valence-electron chi connectivity index (χ2n) is 5.20. The van der Waals surface area contributed by atoms with Crippen LogP contribution in [0.15, 0.2) is 17.1 Å². The molecule has 0 saturated carbocycles. The highest BCUT2D eigenvalue weighted by molar-refractivity contribution is 8.14. The lowest BCUT2D eigenvalue weighted by atomic mass is 10.0. The van der Waals surface area contributed by atoms with Gasteiger partial charge in [-0.15, -0.1) is 0 Å². The van der Waals surface area contributed by atoms with Crippen LogP contribution in [-0.2, 0) is 5.72 Å². The van der Waals surface area contributed by atoms with Crippen LogP contribution in [0.2, 0.25) is 15.1 Å². The molecule has 2 heterocycles. The zero-order valence-electron chi connectivity index (χ0n) is 11.3. The number of benzene rings is 1. The summed E-state index contributed by atoms with van der Waals surface area (Å²) in [6.07, 6.45) is 3.24. The quantitative estimate of drug-likeness (QED) is 0.750. The minimum Gasteiger partial charge on any atom is -0.366 e. The van der Waals surface area contributed by atoms with Gasteiger partial charge in [-0.05, 0) is 25.3 Å². The second-order valence-corrected chi connectivity index (χ2v) is 7.31. The summed E-state index contributed by atoms with van der Waals surface area (Å²) in [6, 6.07) is 3.42. The third kappa shape index (κ3) is 2.77. The van der Waals surface area contributed by atoms with Gasteiger partial charge in [-0.1, -0.05) is 52.6 Å². The average molecular weight is 366 g/mol. The van der Waals surface area contributed by atoms with Crippen LogP contribution < -0.4 is 0 Å². The van der Waals surface area contributed by atoms with Gasteiger partial charge in [-0.2, -0.15) is 0 Å². The van der Waals surface area contributed by atoms with E-state index in [-0.39, 0.29) is 5.02 Å². The number of fused-ring (bicyclic) bond motifs is 1. The van der Waals surface area contributed by atoms with Crippen LogP contribution in [0.4, 0.5) is 0 Å². The fraction of sp³-hybridized carbons (Fsp3) is 0.500. The largest absolute Gasteiger partial charge is 0.366 e. The Kier molecular flexibility index (Phi) is 4.63. The maximum absolute atomic E-state index is 11.2. The van der Waals surface area contributed by atoms with Crippen molar-refractivity contribution >= 4 is 51.7 Å². The molecule has 3 rings (SSSR count). The number of thioether (sulfide) groups is 1. The van der Waals surface area contributed by atoms with E-state index >= 15 is 0 Å². The van der Waals surface area contributed by atoms with Crippen LogP contribution in [0.25, 0.3) is 0 Å². The minimum absolute atomic E-state index is 0.284. The molecule has 0 bridgehead atoms. The average Bonchev–Trinajstić information content (AvgIpc) is 2.72. The molecule has 0 aromatic heterocycles. The monoisotopic (exact) mass is 364 g/mol. The molecule has 0 aliphatic carbocycles. The standard InChI is InChI=1S/C14H15Cl3N2OS/c15-10-5-4-9(11(16)12(10)17)14(20)8-21-13-18-6-2-1-3-7-19(13)14/h4-5,20H,1-3,6-8H2/b18-13+. The molecule has 7 heteroatoms. The fourth-order valence-corrected chi connectivity index (χ4v) is 4.59. The fourth-order valence-electron chi connectivity index (χ4n) is 2.68. The number of hydrogen-bond acceptors (Lipinski definition) is 4. The van der Waals surface area contributed by atoms with Gasteiger partial charge in [0.05, 0.1) is 20.8 Å². The first-order valence-corrected chi connectivity index (χ1v) is 8.97. The van der Waals surface area contributed by atoms with Crippen LogP contribution in [0.3, 0.4) is 0 Å². The number of aliphatic imine (C=N–C) groups is 1. The molecule has 2 aliphatic rings. The first-order chi connectivity index (χ1) is 10.0. The van der Waals surface area contributed by atoms with E-state index in [4.69, 9.17) is 34.8 Å². The smallest absolute Gasteiger partial charge is 0.177 e. The summed E-state index contributed by atoms with van der Waals surface area (Å²) in [4.78, 5) is 6.53. The number of hydrogen-bond donors (Lipinski definition) is 1. The molecular weight excluding hydrogens is 351 g/mol. The Morgan fingerprint density at radius 2 is 1.95 bits per heavy atom. The summed E-state index contributed by atoms with van der Waals surface area (Å²) >= 11 is 20.0. The summed E-state index contributed by atoms with van der Waals surface area (Å²) in [7, 11) is 0. The first-order valence-electron chi connectivity index (χ1n) is 6.85. The summed E-state index contributed by atoms with van der Waals surface area (Å²) < 4.78 is 0. The second kappa shape index (κ2) is 6.17. The predicted octanol–water partition coefficient (Wildman–Crippen LogP) is 4.38. The van der Waals surface area contributed by atoms with Crippen LogP contribution in [0.5, 0.6) is 0 Å². The molecule has 114 valence electrons. The van der Waals surface area contributed by atoms with Crippen molar-refractivity contribution < 1.29 is 5.11 Å². The van der Waals surface area contributed by atoms with Crippen molar-refractivity contribution in [2.24, 2.45) is 4.99 Å². The van der Waals surface area contributed by atoms with Gasteiger partial charge in [-0.3, -0.25) is 4.99 Å². The summed E-state index contributed by atoms with van der Waals surface area (Å²) in [6.45, 7) is 1.57. The molecule has 1 unspecified atom stereocenters. The third-order valence-electron chi connectivity index (χ3n) is 3.83. The van der Waals surface area contributed by atoms with E-state index in [9.17, 15) is 5.11 Å². The van der Waals surface area contributed by atoms with Crippen LogP contribution in [0.1, 0.15) is 24.8 Å². The first kappa shape index (κ1) is 15.8. The SMILES string of the molecule is OC1(c2ccc(Cl)c(Cl)c2Cl)CS/C2=N/CCCCCN21. The molecule has 0 spiro atoms. The van der Waals surface area contributed by atoms with E-state index < -0.39 is 5.72 Å². The van der Waals surface area contributed by atoms with E-state index in [0.717, 1.165) is 37.5 Å². The van der Waals surface area contributed by atoms with Gasteiger partial charge in [0.15, 0.2) is 10.9 Å². The van der Waals surface area contributed by atoms with Crippen molar-refractivity contribution in [1.29, 1.82) is 0 Å². The summed E-state index contributed by atoms with van der Waals surface area (Å²) in [5.41, 5.74) is -0.580. The lowest BCUT2D eigenvalue weighted by Gasteiger charge is -2.36. The van der Waals surface area contributed by atoms with Crippen molar-refractivity contribution in [1.82, 2.24) is 4.90 Å². The topological polar surface area (TPSA) is 35.8 Å². The van der Waals surface area contributed by atoms with E-state index in [1.165, 1.54) is 0 Å². The van der Waals surface area contributed by atoms with Gasteiger partial charge >= 0.3 is 0 Å². The van der Waals surface area contributed by atoms with Gasteiger partial charge in [0.1, 0.15) is 0 Å². The van der Waals surface area contributed by atoms with E-state index in [1.54, 1.807) is 23.9 Å². The number of amidine groups is 1. The molecular formula is C14H15Cl3N2OS. The van der Waals surface area contributed by atoms with Gasteiger partial charge in [0.25, 0.3) is 0 Å². The third-order valence-corrected chi connectivity index (χ3v) is 6.28. The summed E-state index contributed by atoms with van der Waals surface area (Å²) in [5.74, 6) is 0.490. The molecule has 21 heavy (non-hydrogen) atoms. The molecule has 0 amide bonds. The van der Waals surface area contributed by atoms with Crippen molar-refractivity contribution in [3.8, 4) is 0 Å². The van der Waals surface area contributed by atoms with E-state index in [2.05, 4.69) is 4.99 Å². The number of nitrogens with zero attached hydrogens (tertiary/aromatic N) is 2. The van der Waals surface area contributed by atoms with Gasteiger partial charge < -0.3 is 10.0 Å². The van der Waals surface area contributed by atoms with E-state index in [0.29, 0.717) is 21.4 Å². The zero-order chi connectivity index (χ0) is 15.0. The van der Waals surface area contributed by atoms with Crippen molar-refractivity contribution in [2.45, 2.75) is 25.0 Å². The van der Waals surface area contributed by atoms with Crippen LogP contribution in [0, 0.1) is 0 Å². The maximum Gasteiger partial charge on any atom is 0.177 e. The molecule has 1 aromatic rings. The zero-order valence-corrected chi connectivity index (χ0v) is 14.4. The van der Waals surface area contributed by atoms with Crippen LogP contribution in [-0.4, -0.2) is 34.0 Å². The van der Waals surface area contributed by atoms with Gasteiger partial charge in [-0.25, -0.2) is 0 Å². The molecule has 3 nitrogen and oxygen atoms in total. The Morgan fingerprint density at radius 1 is 1.14 bits per heavy atom. The van der Waals surface area contributed by atoms with Crippen LogP contribution >= 0.6 is 46.6 Å². The maximum atomic E-state index is 11.2. The summed E-state index contributed by atoms with van der Waals surface area (Å²) in [5, 5.41) is 13.1. The molecule has 2 aliphatic heterocycles. The molecule has 1 atom stereocenters. The highest BCUT2D eigenvalue weighted by Gasteiger charge is 2.46. The lowest BCUT2D eigenvalue weighted by molar-refractivity contribution is -0.0487. The van der Waals surface area contributed by atoms with E-state index in [1.807, 2.05) is 4.90 Å². The minimum atomic E-state index is -1.17. The van der Waals surface area contributed by atoms with Crippen molar-refractivity contribution in [3.05, 3.63) is 32.8 Å². The highest BCUT2D eigenvalue weighted by Crippen LogP contribution is 2.45. The lowest BCUT2D eigenvalue weighted by Crippen LogP contribution is -2.46. The number of halogens is 3.